The molecule has 1 aliphatic heterocycles. The van der Waals surface area contributed by atoms with Gasteiger partial charge in [-0.15, -0.1) is 0 Å². The predicted molar refractivity (Wildman–Crippen MR) is 82.1 cm³/mol. The highest BCUT2D eigenvalue weighted by molar-refractivity contribution is 6.01. The average molecular weight is 302 g/mol. The van der Waals surface area contributed by atoms with Crippen LogP contribution in [0.1, 0.15) is 0 Å². The number of benzene rings is 1. The van der Waals surface area contributed by atoms with E-state index in [-0.39, 0.29) is 12.5 Å². The number of ether oxygens (including phenoxy) is 1. The second kappa shape index (κ2) is 6.07. The van der Waals surface area contributed by atoms with Gasteiger partial charge in [0.25, 0.3) is 5.91 Å². The molecule has 116 valence electrons. The van der Waals surface area contributed by atoms with E-state index in [0.29, 0.717) is 24.5 Å². The number of aliphatic hydroxyl groups is 1. The number of hydrogen-bond acceptors (Lipinski definition) is 5. The minimum atomic E-state index is -0.596. The summed E-state index contributed by atoms with van der Waals surface area (Å²) in [6, 6.07) is 7.35. The Labute approximate surface area is 128 Å². The van der Waals surface area contributed by atoms with Crippen LogP contribution in [-0.2, 0) is 11.3 Å². The maximum Gasteiger partial charge on any atom is 0.264 e. The molecular formula is C15H18N4O3. The van der Waals surface area contributed by atoms with Gasteiger partial charge in [0, 0.05) is 26.0 Å². The van der Waals surface area contributed by atoms with Crippen LogP contribution in [0.5, 0.6) is 5.75 Å². The SMILES string of the molecule is CN1C(=O)COc2cccc(NCC(O)Cn3cccn3)c21. The topological polar surface area (TPSA) is 79.6 Å². The van der Waals surface area contributed by atoms with Gasteiger partial charge < -0.3 is 20.1 Å². The molecule has 0 saturated heterocycles. The predicted octanol–water partition coefficient (Wildman–Crippen LogP) is 0.711. The fourth-order valence-corrected chi connectivity index (χ4v) is 2.41. The van der Waals surface area contributed by atoms with Crippen LogP contribution >= 0.6 is 0 Å². The first-order chi connectivity index (χ1) is 10.6. The number of carbonyl (C=O) groups is 1. The van der Waals surface area contributed by atoms with Crippen LogP contribution < -0.4 is 15.0 Å². The fourth-order valence-electron chi connectivity index (χ4n) is 2.41. The lowest BCUT2D eigenvalue weighted by Gasteiger charge is -2.28. The first-order valence-corrected chi connectivity index (χ1v) is 7.07. The lowest BCUT2D eigenvalue weighted by molar-refractivity contribution is -0.120. The Kier molecular flexibility index (Phi) is 3.97. The molecule has 7 heteroatoms. The van der Waals surface area contributed by atoms with Crippen molar-refractivity contribution in [2.45, 2.75) is 12.6 Å². The molecule has 2 N–H and O–H groups in total. The Hall–Kier alpha value is -2.54. The van der Waals surface area contributed by atoms with Crippen LogP contribution in [0.25, 0.3) is 0 Å². The summed E-state index contributed by atoms with van der Waals surface area (Å²) in [6.07, 6.45) is 2.88. The van der Waals surface area contributed by atoms with Crippen molar-refractivity contribution < 1.29 is 14.6 Å². The molecule has 1 unspecified atom stereocenters. The summed E-state index contributed by atoms with van der Waals surface area (Å²) in [5.74, 6) is 0.563. The number of aliphatic hydroxyl groups excluding tert-OH is 1. The van der Waals surface area contributed by atoms with Crippen LogP contribution in [0.15, 0.2) is 36.7 Å². The van der Waals surface area contributed by atoms with Gasteiger partial charge in [-0.05, 0) is 18.2 Å². The summed E-state index contributed by atoms with van der Waals surface area (Å²) in [5, 5.41) is 17.3. The van der Waals surface area contributed by atoms with Gasteiger partial charge in [0.05, 0.1) is 18.3 Å². The molecule has 1 amide bonds. The molecule has 0 saturated carbocycles. The molecule has 2 heterocycles. The monoisotopic (exact) mass is 302 g/mol. The number of fused-ring (bicyclic) bond motifs is 1. The smallest absolute Gasteiger partial charge is 0.264 e. The third-order valence-electron chi connectivity index (χ3n) is 3.54. The lowest BCUT2D eigenvalue weighted by Crippen LogP contribution is -2.36. The molecule has 0 radical (unpaired) electrons. The molecule has 2 aromatic rings. The van der Waals surface area contributed by atoms with E-state index in [1.807, 2.05) is 24.3 Å². The van der Waals surface area contributed by atoms with E-state index in [4.69, 9.17) is 4.74 Å². The molecule has 1 atom stereocenters. The van der Waals surface area contributed by atoms with Gasteiger partial charge in [0.1, 0.15) is 11.4 Å². The molecule has 1 aromatic carbocycles. The second-order valence-electron chi connectivity index (χ2n) is 5.16. The molecular weight excluding hydrogens is 284 g/mol. The summed E-state index contributed by atoms with van der Waals surface area (Å²) in [4.78, 5) is 13.3. The van der Waals surface area contributed by atoms with Gasteiger partial charge in [-0.2, -0.15) is 5.10 Å². The molecule has 0 fully saturated rings. The number of nitrogens with one attached hydrogen (secondary N) is 1. The van der Waals surface area contributed by atoms with Gasteiger partial charge in [-0.1, -0.05) is 6.07 Å². The summed E-state index contributed by atoms with van der Waals surface area (Å²) in [6.45, 7) is 0.799. The van der Waals surface area contributed by atoms with E-state index in [1.54, 1.807) is 29.0 Å². The summed E-state index contributed by atoms with van der Waals surface area (Å²) in [5.41, 5.74) is 1.46. The number of amides is 1. The van der Waals surface area contributed by atoms with Gasteiger partial charge in [0.15, 0.2) is 6.61 Å². The zero-order valence-corrected chi connectivity index (χ0v) is 12.3. The average Bonchev–Trinajstić information content (AvgIpc) is 3.01. The summed E-state index contributed by atoms with van der Waals surface area (Å²) in [7, 11) is 1.72. The number of anilines is 2. The number of aromatic nitrogens is 2. The van der Waals surface area contributed by atoms with Crippen molar-refractivity contribution in [2.24, 2.45) is 0 Å². The number of nitrogens with zero attached hydrogens (tertiary/aromatic N) is 3. The van der Waals surface area contributed by atoms with Crippen LogP contribution in [0.2, 0.25) is 0 Å². The van der Waals surface area contributed by atoms with E-state index in [2.05, 4.69) is 10.4 Å². The van der Waals surface area contributed by atoms with Crippen molar-refractivity contribution in [3.05, 3.63) is 36.7 Å². The number of carbonyl (C=O) groups excluding carboxylic acids is 1. The molecule has 1 aromatic heterocycles. The van der Waals surface area contributed by atoms with Gasteiger partial charge in [-0.3, -0.25) is 9.48 Å². The maximum atomic E-state index is 11.8. The largest absolute Gasteiger partial charge is 0.481 e. The van der Waals surface area contributed by atoms with Crippen molar-refractivity contribution >= 4 is 17.3 Å². The standard InChI is InChI=1S/C15H18N4O3/c1-18-14(21)10-22-13-5-2-4-12(15(13)18)16-8-11(20)9-19-7-3-6-17-19/h2-7,11,16,20H,8-10H2,1H3. The van der Waals surface area contributed by atoms with Crippen molar-refractivity contribution in [2.75, 3.05) is 30.4 Å². The highest BCUT2D eigenvalue weighted by Gasteiger charge is 2.25. The van der Waals surface area contributed by atoms with E-state index in [0.717, 1.165) is 5.69 Å². The zero-order chi connectivity index (χ0) is 15.5. The molecule has 3 rings (SSSR count). The quantitative estimate of drug-likeness (QED) is 0.850. The summed E-state index contributed by atoms with van der Waals surface area (Å²) < 4.78 is 7.10. The first-order valence-electron chi connectivity index (χ1n) is 7.07. The number of para-hydroxylation sites is 1. The third kappa shape index (κ3) is 2.89. The lowest BCUT2D eigenvalue weighted by atomic mass is 10.2. The zero-order valence-electron chi connectivity index (χ0n) is 12.3. The summed E-state index contributed by atoms with van der Waals surface area (Å²) >= 11 is 0. The van der Waals surface area contributed by atoms with Crippen molar-refractivity contribution in [3.8, 4) is 5.75 Å². The fraction of sp³-hybridized carbons (Fsp3) is 0.333. The molecule has 0 spiro atoms. The molecule has 0 aliphatic carbocycles. The second-order valence-corrected chi connectivity index (χ2v) is 5.16. The van der Waals surface area contributed by atoms with Crippen LogP contribution in [-0.4, -0.2) is 47.1 Å². The molecule has 22 heavy (non-hydrogen) atoms. The Morgan fingerprint density at radius 2 is 2.32 bits per heavy atom. The molecule has 7 nitrogen and oxygen atoms in total. The molecule has 0 bridgehead atoms. The van der Waals surface area contributed by atoms with Crippen molar-refractivity contribution in [3.63, 3.8) is 0 Å². The highest BCUT2D eigenvalue weighted by Crippen LogP contribution is 2.37. The van der Waals surface area contributed by atoms with Crippen LogP contribution in [0.4, 0.5) is 11.4 Å². The number of rotatable bonds is 5. The van der Waals surface area contributed by atoms with Gasteiger partial charge in [-0.25, -0.2) is 0 Å². The van der Waals surface area contributed by atoms with Gasteiger partial charge >= 0.3 is 0 Å². The first kappa shape index (κ1) is 14.4. The van der Waals surface area contributed by atoms with E-state index in [9.17, 15) is 9.90 Å². The number of hydrogen-bond donors (Lipinski definition) is 2. The van der Waals surface area contributed by atoms with Gasteiger partial charge in [0.2, 0.25) is 0 Å². The van der Waals surface area contributed by atoms with Crippen molar-refractivity contribution in [1.29, 1.82) is 0 Å². The van der Waals surface area contributed by atoms with E-state index in [1.165, 1.54) is 0 Å². The Bertz CT molecular complexity index is 657. The normalized spacial score (nSPS) is 15.2. The Balaban J connectivity index is 1.69. The minimum absolute atomic E-state index is 0.0505. The Morgan fingerprint density at radius 3 is 3.09 bits per heavy atom. The van der Waals surface area contributed by atoms with Crippen LogP contribution in [0, 0.1) is 0 Å². The number of likely N-dealkylation sites (N-methyl/N-ethyl adjacent to an activating group) is 1. The Morgan fingerprint density at radius 1 is 1.45 bits per heavy atom. The third-order valence-corrected chi connectivity index (χ3v) is 3.54. The van der Waals surface area contributed by atoms with Crippen molar-refractivity contribution in [1.82, 2.24) is 9.78 Å². The van der Waals surface area contributed by atoms with E-state index < -0.39 is 6.10 Å². The minimum Gasteiger partial charge on any atom is -0.481 e. The highest BCUT2D eigenvalue weighted by atomic mass is 16.5. The maximum absolute atomic E-state index is 11.8. The van der Waals surface area contributed by atoms with Crippen LogP contribution in [0.3, 0.4) is 0 Å². The molecule has 1 aliphatic rings. The van der Waals surface area contributed by atoms with E-state index >= 15 is 0 Å².